The largest absolute Gasteiger partial charge is 0.334 e. The van der Waals surface area contributed by atoms with E-state index in [0.29, 0.717) is 0 Å². The number of likely N-dealkylation sites (tertiary alicyclic amines) is 1. The Balaban J connectivity index is 1.88. The van der Waals surface area contributed by atoms with E-state index in [4.69, 9.17) is 0 Å². The van der Waals surface area contributed by atoms with Gasteiger partial charge in [-0.1, -0.05) is 0 Å². The van der Waals surface area contributed by atoms with Crippen molar-refractivity contribution in [3.05, 3.63) is 29.6 Å². The van der Waals surface area contributed by atoms with Crippen LogP contribution < -0.4 is 0 Å². The first-order valence-corrected chi connectivity index (χ1v) is 7.65. The fourth-order valence-electron chi connectivity index (χ4n) is 3.37. The predicted molar refractivity (Wildman–Crippen MR) is 81.1 cm³/mol. The summed E-state index contributed by atoms with van der Waals surface area (Å²) in [5.41, 5.74) is 3.34. The molecule has 22 heavy (non-hydrogen) atoms. The molecule has 1 amide bonds. The first-order chi connectivity index (χ1) is 10.5. The number of rotatable bonds is 3. The Morgan fingerprint density at radius 3 is 2.77 bits per heavy atom. The van der Waals surface area contributed by atoms with Crippen molar-refractivity contribution in [2.45, 2.75) is 45.7 Å². The Kier molecular flexibility index (Phi) is 3.72. The third-order valence-electron chi connectivity index (χ3n) is 4.62. The van der Waals surface area contributed by atoms with Crippen LogP contribution in [0.2, 0.25) is 0 Å². The van der Waals surface area contributed by atoms with Crippen LogP contribution in [0.3, 0.4) is 0 Å². The molecule has 0 saturated carbocycles. The highest BCUT2D eigenvalue weighted by molar-refractivity contribution is 5.80. The number of hydrogen-bond acceptors (Lipinski definition) is 4. The average Bonchev–Trinajstić information content (AvgIpc) is 3.20. The molecule has 0 spiro atoms. The molecule has 1 fully saturated rings. The van der Waals surface area contributed by atoms with Gasteiger partial charge in [0, 0.05) is 24.8 Å². The van der Waals surface area contributed by atoms with Crippen LogP contribution >= 0.6 is 0 Å². The molecule has 1 saturated heterocycles. The molecule has 3 heterocycles. The minimum atomic E-state index is -0.333. The number of aryl methyl sites for hydroxylation is 2. The van der Waals surface area contributed by atoms with Crippen LogP contribution in [-0.2, 0) is 11.8 Å². The topological polar surface area (TPSA) is 68.8 Å². The lowest BCUT2D eigenvalue weighted by Gasteiger charge is -2.28. The zero-order chi connectivity index (χ0) is 15.9. The monoisotopic (exact) mass is 302 g/mol. The maximum Gasteiger partial charge on any atom is 0.247 e. The van der Waals surface area contributed by atoms with E-state index in [1.807, 2.05) is 30.5 Å². The summed E-state index contributed by atoms with van der Waals surface area (Å²) in [4.78, 5) is 18.8. The highest BCUT2D eigenvalue weighted by Crippen LogP contribution is 2.36. The van der Waals surface area contributed by atoms with E-state index in [2.05, 4.69) is 22.1 Å². The molecule has 7 nitrogen and oxygen atoms in total. The van der Waals surface area contributed by atoms with E-state index in [-0.39, 0.29) is 18.0 Å². The van der Waals surface area contributed by atoms with Gasteiger partial charge in [0.2, 0.25) is 5.91 Å². The molecule has 0 unspecified atom stereocenters. The molecule has 1 aliphatic rings. The number of nitrogens with zero attached hydrogens (tertiary/aromatic N) is 6. The van der Waals surface area contributed by atoms with E-state index in [0.717, 1.165) is 30.8 Å². The minimum absolute atomic E-state index is 0.0932. The molecule has 0 N–H and O–H groups in total. The third-order valence-corrected chi connectivity index (χ3v) is 4.62. The summed E-state index contributed by atoms with van der Waals surface area (Å²) in [7, 11) is 1.95. The van der Waals surface area contributed by atoms with Crippen molar-refractivity contribution in [1.29, 1.82) is 0 Å². The van der Waals surface area contributed by atoms with Crippen molar-refractivity contribution < 1.29 is 4.79 Å². The molecule has 1 aliphatic heterocycles. The summed E-state index contributed by atoms with van der Waals surface area (Å²) < 4.78 is 3.51. The Morgan fingerprint density at radius 2 is 2.18 bits per heavy atom. The van der Waals surface area contributed by atoms with Crippen molar-refractivity contribution in [2.75, 3.05) is 6.54 Å². The summed E-state index contributed by atoms with van der Waals surface area (Å²) in [5, 5.41) is 8.58. The van der Waals surface area contributed by atoms with Crippen LogP contribution in [0.4, 0.5) is 0 Å². The molecule has 0 radical (unpaired) electrons. The van der Waals surface area contributed by atoms with Crippen LogP contribution in [0.15, 0.2) is 12.7 Å². The Labute approximate surface area is 129 Å². The molecular formula is C15H22N6O. The normalized spacial score (nSPS) is 19.6. The molecule has 2 aromatic heterocycles. The summed E-state index contributed by atoms with van der Waals surface area (Å²) in [6.07, 6.45) is 5.06. The average molecular weight is 302 g/mol. The number of aromatic nitrogens is 5. The first-order valence-electron chi connectivity index (χ1n) is 7.65. The van der Waals surface area contributed by atoms with Crippen LogP contribution in [-0.4, -0.2) is 41.9 Å². The Morgan fingerprint density at radius 1 is 1.41 bits per heavy atom. The van der Waals surface area contributed by atoms with Crippen molar-refractivity contribution >= 4 is 5.91 Å². The van der Waals surface area contributed by atoms with E-state index in [9.17, 15) is 4.79 Å². The summed E-state index contributed by atoms with van der Waals surface area (Å²) >= 11 is 0. The number of carbonyl (C=O) groups excluding carboxylic acids is 1. The zero-order valence-electron chi connectivity index (χ0n) is 13.5. The van der Waals surface area contributed by atoms with Crippen molar-refractivity contribution in [1.82, 2.24) is 29.4 Å². The summed E-state index contributed by atoms with van der Waals surface area (Å²) in [5.74, 6) is 0.0932. The van der Waals surface area contributed by atoms with Crippen molar-refractivity contribution in [3.8, 4) is 0 Å². The predicted octanol–water partition coefficient (Wildman–Crippen LogP) is 1.55. The maximum atomic E-state index is 12.9. The SMILES string of the molecule is Cc1nn(C)c(C)c1[C@@H]1CCCN1C(=O)[C@@H](C)n1cncn1. The van der Waals surface area contributed by atoms with Crippen molar-refractivity contribution in [3.63, 3.8) is 0 Å². The number of hydrogen-bond donors (Lipinski definition) is 0. The third kappa shape index (κ3) is 2.30. The summed E-state index contributed by atoms with van der Waals surface area (Å²) in [6.45, 7) is 6.74. The van der Waals surface area contributed by atoms with Gasteiger partial charge in [0.15, 0.2) is 0 Å². The lowest BCUT2D eigenvalue weighted by atomic mass is 10.0. The van der Waals surface area contributed by atoms with Gasteiger partial charge in [-0.25, -0.2) is 9.67 Å². The second-order valence-electron chi connectivity index (χ2n) is 5.95. The first kappa shape index (κ1) is 14.7. The van der Waals surface area contributed by atoms with Gasteiger partial charge in [-0.2, -0.15) is 10.2 Å². The molecular weight excluding hydrogens is 280 g/mol. The number of amides is 1. The maximum absolute atomic E-state index is 12.9. The van der Waals surface area contributed by atoms with E-state index >= 15 is 0 Å². The summed E-state index contributed by atoms with van der Waals surface area (Å²) in [6, 6.07) is -0.215. The van der Waals surface area contributed by atoms with E-state index in [1.54, 1.807) is 11.0 Å². The zero-order valence-corrected chi connectivity index (χ0v) is 13.5. The van der Waals surface area contributed by atoms with Crippen LogP contribution in [0.1, 0.15) is 48.8 Å². The lowest BCUT2D eigenvalue weighted by molar-refractivity contribution is -0.135. The second kappa shape index (κ2) is 5.55. The molecule has 0 aliphatic carbocycles. The van der Waals surface area contributed by atoms with Crippen LogP contribution in [0.5, 0.6) is 0 Å². The lowest BCUT2D eigenvalue weighted by Crippen LogP contribution is -2.36. The number of carbonyl (C=O) groups is 1. The van der Waals surface area contributed by atoms with Gasteiger partial charge < -0.3 is 4.90 Å². The highest BCUT2D eigenvalue weighted by Gasteiger charge is 2.35. The van der Waals surface area contributed by atoms with Gasteiger partial charge in [-0.05, 0) is 33.6 Å². The standard InChI is InChI=1S/C15H22N6O/c1-10-14(11(2)19(4)18-10)13-6-5-7-20(13)15(22)12(3)21-9-16-8-17-21/h8-9,12-13H,5-7H2,1-4H3/t12-,13+/m1/s1. The van der Waals surface area contributed by atoms with Crippen LogP contribution in [0.25, 0.3) is 0 Å². The fourth-order valence-corrected chi connectivity index (χ4v) is 3.37. The van der Waals surface area contributed by atoms with E-state index < -0.39 is 0 Å². The van der Waals surface area contributed by atoms with E-state index in [1.165, 1.54) is 11.9 Å². The van der Waals surface area contributed by atoms with Crippen LogP contribution in [0, 0.1) is 13.8 Å². The van der Waals surface area contributed by atoms with Gasteiger partial charge in [-0.15, -0.1) is 0 Å². The molecule has 7 heteroatoms. The van der Waals surface area contributed by atoms with Gasteiger partial charge in [0.1, 0.15) is 18.7 Å². The van der Waals surface area contributed by atoms with Gasteiger partial charge in [0.25, 0.3) is 0 Å². The molecule has 2 aromatic rings. The molecule has 0 aromatic carbocycles. The molecule has 3 rings (SSSR count). The van der Waals surface area contributed by atoms with Gasteiger partial charge in [0.05, 0.1) is 11.7 Å². The molecule has 2 atom stereocenters. The fraction of sp³-hybridized carbons (Fsp3) is 0.600. The quantitative estimate of drug-likeness (QED) is 0.862. The highest BCUT2D eigenvalue weighted by atomic mass is 16.2. The van der Waals surface area contributed by atoms with Crippen molar-refractivity contribution in [2.24, 2.45) is 7.05 Å². The smallest absolute Gasteiger partial charge is 0.247 e. The minimum Gasteiger partial charge on any atom is -0.334 e. The molecule has 0 bridgehead atoms. The Bertz CT molecular complexity index is 675. The van der Waals surface area contributed by atoms with Gasteiger partial charge >= 0.3 is 0 Å². The second-order valence-corrected chi connectivity index (χ2v) is 5.95. The van der Waals surface area contributed by atoms with Gasteiger partial charge in [-0.3, -0.25) is 9.48 Å². The Hall–Kier alpha value is -2.18. The molecule has 118 valence electrons.